The average Bonchev–Trinajstić information content (AvgIpc) is 2.68. The first-order valence-electron chi connectivity index (χ1n) is 6.81. The molecule has 0 aromatic heterocycles. The van der Waals surface area contributed by atoms with Crippen LogP contribution in [0.4, 0.5) is 5.69 Å². The van der Waals surface area contributed by atoms with Crippen molar-refractivity contribution in [2.45, 2.75) is 45.6 Å². The topological polar surface area (TPSA) is 38.3 Å². The van der Waals surface area contributed by atoms with E-state index in [2.05, 4.69) is 19.2 Å². The number of rotatable bonds is 3. The van der Waals surface area contributed by atoms with Crippen molar-refractivity contribution in [3.05, 3.63) is 29.8 Å². The minimum absolute atomic E-state index is 0.152. The van der Waals surface area contributed by atoms with Gasteiger partial charge in [-0.05, 0) is 43.2 Å². The van der Waals surface area contributed by atoms with E-state index < -0.39 is 5.54 Å². The maximum Gasteiger partial charge on any atom is 0.331 e. The number of esters is 1. The zero-order chi connectivity index (χ0) is 14.1. The molecule has 0 aliphatic heterocycles. The van der Waals surface area contributed by atoms with Crippen molar-refractivity contribution in [2.75, 3.05) is 12.4 Å². The number of methoxy groups -OCH3 is 1. The summed E-state index contributed by atoms with van der Waals surface area (Å²) in [6.45, 7) is 6.46. The van der Waals surface area contributed by atoms with Crippen LogP contribution in [-0.2, 0) is 9.53 Å². The lowest BCUT2D eigenvalue weighted by Gasteiger charge is -2.31. The standard InChI is InChI=1S/C16H23NO2/c1-12-7-5-6-8-13(12)17-16(14(18)19-4)10-9-15(2,3)11-16/h5-8,17H,9-11H2,1-4H3. The lowest BCUT2D eigenvalue weighted by atomic mass is 9.87. The Kier molecular flexibility index (Phi) is 3.57. The number of benzene rings is 1. The number of nitrogens with one attached hydrogen (secondary N) is 1. The molecule has 3 heteroatoms. The molecule has 1 aliphatic carbocycles. The highest BCUT2D eigenvalue weighted by Crippen LogP contribution is 2.46. The van der Waals surface area contributed by atoms with Crippen molar-refractivity contribution < 1.29 is 9.53 Å². The molecule has 3 nitrogen and oxygen atoms in total. The summed E-state index contributed by atoms with van der Waals surface area (Å²) < 4.78 is 5.04. The van der Waals surface area contributed by atoms with Gasteiger partial charge < -0.3 is 10.1 Å². The Labute approximate surface area is 115 Å². The van der Waals surface area contributed by atoms with Crippen molar-refractivity contribution in [1.29, 1.82) is 0 Å². The van der Waals surface area contributed by atoms with Crippen LogP contribution in [0.15, 0.2) is 24.3 Å². The summed E-state index contributed by atoms with van der Waals surface area (Å²) in [7, 11) is 1.47. The number of aryl methyl sites for hydroxylation is 1. The van der Waals surface area contributed by atoms with E-state index in [1.807, 2.05) is 31.2 Å². The molecular formula is C16H23NO2. The molecular weight excluding hydrogens is 238 g/mol. The molecule has 1 aromatic carbocycles. The first kappa shape index (κ1) is 13.9. The molecule has 104 valence electrons. The average molecular weight is 261 g/mol. The summed E-state index contributed by atoms with van der Waals surface area (Å²) in [6.07, 6.45) is 2.66. The second-order valence-corrected chi connectivity index (χ2v) is 6.35. The zero-order valence-electron chi connectivity index (χ0n) is 12.2. The van der Waals surface area contributed by atoms with Crippen LogP contribution >= 0.6 is 0 Å². The quantitative estimate of drug-likeness (QED) is 0.846. The molecule has 0 bridgehead atoms. The van der Waals surface area contributed by atoms with Gasteiger partial charge in [-0.2, -0.15) is 0 Å². The van der Waals surface area contributed by atoms with Gasteiger partial charge in [0, 0.05) is 5.69 Å². The molecule has 19 heavy (non-hydrogen) atoms. The van der Waals surface area contributed by atoms with Crippen molar-refractivity contribution in [1.82, 2.24) is 0 Å². The van der Waals surface area contributed by atoms with E-state index >= 15 is 0 Å². The Morgan fingerprint density at radius 1 is 1.26 bits per heavy atom. The van der Waals surface area contributed by atoms with Gasteiger partial charge in [-0.1, -0.05) is 32.0 Å². The van der Waals surface area contributed by atoms with E-state index in [9.17, 15) is 4.79 Å². The number of anilines is 1. The predicted molar refractivity (Wildman–Crippen MR) is 77.2 cm³/mol. The number of carbonyl (C=O) groups excluding carboxylic acids is 1. The van der Waals surface area contributed by atoms with Crippen LogP contribution in [0.2, 0.25) is 0 Å². The van der Waals surface area contributed by atoms with Crippen LogP contribution in [0.1, 0.15) is 38.7 Å². The van der Waals surface area contributed by atoms with Gasteiger partial charge in [-0.15, -0.1) is 0 Å². The first-order valence-corrected chi connectivity index (χ1v) is 6.81. The fourth-order valence-corrected chi connectivity index (χ4v) is 3.04. The lowest BCUT2D eigenvalue weighted by Crippen LogP contribution is -2.45. The van der Waals surface area contributed by atoms with Gasteiger partial charge in [-0.3, -0.25) is 0 Å². The number of para-hydroxylation sites is 1. The molecule has 0 radical (unpaired) electrons. The SMILES string of the molecule is COC(=O)C1(Nc2ccccc2C)CCC(C)(C)C1. The molecule has 0 saturated heterocycles. The van der Waals surface area contributed by atoms with Gasteiger partial charge in [0.1, 0.15) is 5.54 Å². The van der Waals surface area contributed by atoms with Gasteiger partial charge >= 0.3 is 5.97 Å². The number of hydrogen-bond acceptors (Lipinski definition) is 3. The Hall–Kier alpha value is -1.51. The van der Waals surface area contributed by atoms with E-state index in [0.717, 1.165) is 30.5 Å². The van der Waals surface area contributed by atoms with Gasteiger partial charge in [0.2, 0.25) is 0 Å². The molecule has 0 amide bonds. The summed E-state index contributed by atoms with van der Waals surface area (Å²) in [6, 6.07) is 8.06. The monoisotopic (exact) mass is 261 g/mol. The van der Waals surface area contributed by atoms with E-state index in [4.69, 9.17) is 4.74 Å². The van der Waals surface area contributed by atoms with Gasteiger partial charge in [0.25, 0.3) is 0 Å². The summed E-state index contributed by atoms with van der Waals surface area (Å²) in [4.78, 5) is 12.3. The molecule has 1 saturated carbocycles. The van der Waals surface area contributed by atoms with Gasteiger partial charge in [0.15, 0.2) is 0 Å². The normalized spacial score (nSPS) is 25.1. The highest BCUT2D eigenvalue weighted by molar-refractivity contribution is 5.85. The summed E-state index contributed by atoms with van der Waals surface area (Å²) in [5, 5.41) is 3.45. The maximum absolute atomic E-state index is 12.3. The Morgan fingerprint density at radius 2 is 1.95 bits per heavy atom. The third kappa shape index (κ3) is 2.75. The molecule has 1 aromatic rings. The highest BCUT2D eigenvalue weighted by Gasteiger charge is 2.49. The van der Waals surface area contributed by atoms with Crippen molar-refractivity contribution in [2.24, 2.45) is 5.41 Å². The van der Waals surface area contributed by atoms with Gasteiger partial charge in [-0.25, -0.2) is 4.79 Å². The largest absolute Gasteiger partial charge is 0.467 e. The molecule has 1 atom stereocenters. The Bertz CT molecular complexity index is 481. The summed E-state index contributed by atoms with van der Waals surface area (Å²) >= 11 is 0. The third-order valence-electron chi connectivity index (χ3n) is 4.10. The Balaban J connectivity index is 2.31. The van der Waals surface area contributed by atoms with E-state index in [1.165, 1.54) is 7.11 Å². The highest BCUT2D eigenvalue weighted by atomic mass is 16.5. The second-order valence-electron chi connectivity index (χ2n) is 6.35. The van der Waals surface area contributed by atoms with Crippen LogP contribution in [-0.4, -0.2) is 18.6 Å². The predicted octanol–water partition coefficient (Wildman–Crippen LogP) is 3.53. The van der Waals surface area contributed by atoms with Crippen LogP contribution in [0.3, 0.4) is 0 Å². The number of hydrogen-bond donors (Lipinski definition) is 1. The van der Waals surface area contributed by atoms with Crippen LogP contribution in [0.5, 0.6) is 0 Å². The molecule has 1 N–H and O–H groups in total. The summed E-state index contributed by atoms with van der Waals surface area (Å²) in [5.74, 6) is -0.152. The van der Waals surface area contributed by atoms with E-state index in [0.29, 0.717) is 0 Å². The molecule has 1 fully saturated rings. The van der Waals surface area contributed by atoms with Crippen LogP contribution in [0.25, 0.3) is 0 Å². The molecule has 0 heterocycles. The van der Waals surface area contributed by atoms with Gasteiger partial charge in [0.05, 0.1) is 7.11 Å². The van der Waals surface area contributed by atoms with E-state index in [-0.39, 0.29) is 11.4 Å². The first-order chi connectivity index (χ1) is 8.88. The van der Waals surface area contributed by atoms with Crippen molar-refractivity contribution >= 4 is 11.7 Å². The molecule has 1 aliphatic rings. The number of ether oxygens (including phenoxy) is 1. The third-order valence-corrected chi connectivity index (χ3v) is 4.10. The van der Waals surface area contributed by atoms with Crippen molar-refractivity contribution in [3.8, 4) is 0 Å². The second kappa shape index (κ2) is 4.87. The molecule has 2 rings (SSSR count). The van der Waals surface area contributed by atoms with Crippen molar-refractivity contribution in [3.63, 3.8) is 0 Å². The fraction of sp³-hybridized carbons (Fsp3) is 0.562. The molecule has 1 unspecified atom stereocenters. The van der Waals surface area contributed by atoms with Crippen LogP contribution < -0.4 is 5.32 Å². The van der Waals surface area contributed by atoms with E-state index in [1.54, 1.807) is 0 Å². The zero-order valence-corrected chi connectivity index (χ0v) is 12.2. The summed E-state index contributed by atoms with van der Waals surface area (Å²) in [5.41, 5.74) is 1.76. The minimum Gasteiger partial charge on any atom is -0.467 e. The maximum atomic E-state index is 12.3. The lowest BCUT2D eigenvalue weighted by molar-refractivity contribution is -0.146. The van der Waals surface area contributed by atoms with Crippen LogP contribution in [0, 0.1) is 12.3 Å². The molecule has 0 spiro atoms. The number of carbonyl (C=O) groups is 1. The fourth-order valence-electron chi connectivity index (χ4n) is 3.04. The minimum atomic E-state index is -0.579. The Morgan fingerprint density at radius 3 is 2.47 bits per heavy atom. The smallest absolute Gasteiger partial charge is 0.331 e.